The van der Waals surface area contributed by atoms with Crippen molar-refractivity contribution < 1.29 is 13.9 Å². The number of carbonyl (C=O) groups is 1. The van der Waals surface area contributed by atoms with E-state index in [1.165, 1.54) is 23.9 Å². The molecule has 140 valence electrons. The molecule has 3 rings (SSSR count). The molecule has 1 atom stereocenters. The molecular formula is C19H19FN4O2S. The zero-order valence-electron chi connectivity index (χ0n) is 14.9. The number of hydrogen-bond acceptors (Lipinski definition) is 5. The maximum absolute atomic E-state index is 13.2. The zero-order valence-corrected chi connectivity index (χ0v) is 15.7. The van der Waals surface area contributed by atoms with E-state index in [2.05, 4.69) is 20.5 Å². The maximum atomic E-state index is 13.2. The molecule has 27 heavy (non-hydrogen) atoms. The van der Waals surface area contributed by atoms with Gasteiger partial charge in [0.1, 0.15) is 18.2 Å². The molecule has 3 aromatic rings. The summed E-state index contributed by atoms with van der Waals surface area (Å²) >= 11 is 1.21. The van der Waals surface area contributed by atoms with E-state index in [0.29, 0.717) is 16.7 Å². The molecule has 2 N–H and O–H groups in total. The Morgan fingerprint density at radius 3 is 2.89 bits per heavy atom. The smallest absolute Gasteiger partial charge is 0.237 e. The van der Waals surface area contributed by atoms with Crippen LogP contribution in [0.4, 0.5) is 10.1 Å². The molecule has 2 aromatic carbocycles. The quantitative estimate of drug-likeness (QED) is 0.601. The average Bonchev–Trinajstić information content (AvgIpc) is 3.08. The van der Waals surface area contributed by atoms with Crippen molar-refractivity contribution in [1.82, 2.24) is 15.2 Å². The van der Waals surface area contributed by atoms with Crippen LogP contribution in [0, 0.1) is 12.7 Å². The van der Waals surface area contributed by atoms with E-state index in [1.807, 2.05) is 31.2 Å². The summed E-state index contributed by atoms with van der Waals surface area (Å²) in [6.45, 7) is 3.96. The van der Waals surface area contributed by atoms with Crippen molar-refractivity contribution in [1.29, 1.82) is 0 Å². The first-order valence-electron chi connectivity index (χ1n) is 8.34. The molecule has 6 nitrogen and oxygen atoms in total. The second-order valence-corrected chi connectivity index (χ2v) is 7.19. The first-order chi connectivity index (χ1) is 13.0. The van der Waals surface area contributed by atoms with E-state index in [4.69, 9.17) is 4.74 Å². The number of H-pyrrole nitrogens is 1. The molecule has 0 aliphatic heterocycles. The van der Waals surface area contributed by atoms with E-state index in [-0.39, 0.29) is 12.5 Å². The van der Waals surface area contributed by atoms with Gasteiger partial charge in [0.15, 0.2) is 5.82 Å². The van der Waals surface area contributed by atoms with Gasteiger partial charge < -0.3 is 10.1 Å². The SMILES string of the molecule is Cc1ccccc1OCc1nc(S[C@H](C)C(=O)Nc2cccc(F)c2)n[nH]1. The minimum absolute atomic E-state index is 0.252. The molecule has 0 radical (unpaired) electrons. The van der Waals surface area contributed by atoms with Gasteiger partial charge in [-0.3, -0.25) is 9.89 Å². The van der Waals surface area contributed by atoms with Crippen molar-refractivity contribution in [3.63, 3.8) is 0 Å². The van der Waals surface area contributed by atoms with Crippen LogP contribution in [-0.2, 0) is 11.4 Å². The molecule has 0 spiro atoms. The number of rotatable bonds is 7. The van der Waals surface area contributed by atoms with Gasteiger partial charge in [-0.2, -0.15) is 0 Å². The Kier molecular flexibility index (Phi) is 6.08. The number of carbonyl (C=O) groups excluding carboxylic acids is 1. The van der Waals surface area contributed by atoms with Crippen LogP contribution in [0.15, 0.2) is 53.7 Å². The lowest BCUT2D eigenvalue weighted by Gasteiger charge is -2.10. The van der Waals surface area contributed by atoms with Crippen LogP contribution in [0.2, 0.25) is 0 Å². The minimum Gasteiger partial charge on any atom is -0.485 e. The molecule has 0 unspecified atom stereocenters. The fourth-order valence-corrected chi connectivity index (χ4v) is 3.02. The van der Waals surface area contributed by atoms with Crippen LogP contribution >= 0.6 is 11.8 Å². The summed E-state index contributed by atoms with van der Waals surface area (Å²) in [6, 6.07) is 13.5. The van der Waals surface area contributed by atoms with E-state index in [0.717, 1.165) is 11.3 Å². The molecule has 1 aromatic heterocycles. The number of ether oxygens (including phenoxy) is 1. The Hall–Kier alpha value is -2.87. The third kappa shape index (κ3) is 5.30. The Bertz CT molecular complexity index is 931. The monoisotopic (exact) mass is 386 g/mol. The number of thioether (sulfide) groups is 1. The van der Waals surface area contributed by atoms with Gasteiger partial charge in [0.2, 0.25) is 11.1 Å². The molecule has 0 saturated carbocycles. The summed E-state index contributed by atoms with van der Waals surface area (Å²) < 4.78 is 18.9. The fraction of sp³-hybridized carbons (Fsp3) is 0.211. The average molecular weight is 386 g/mol. The number of nitrogens with one attached hydrogen (secondary N) is 2. The van der Waals surface area contributed by atoms with E-state index >= 15 is 0 Å². The number of aromatic amines is 1. The number of amides is 1. The van der Waals surface area contributed by atoms with Crippen molar-refractivity contribution in [2.45, 2.75) is 30.9 Å². The number of anilines is 1. The van der Waals surface area contributed by atoms with Gasteiger partial charge in [0, 0.05) is 5.69 Å². The van der Waals surface area contributed by atoms with Gasteiger partial charge in [-0.15, -0.1) is 5.10 Å². The highest BCUT2D eigenvalue weighted by Gasteiger charge is 2.17. The van der Waals surface area contributed by atoms with Crippen molar-refractivity contribution in [2.75, 3.05) is 5.32 Å². The largest absolute Gasteiger partial charge is 0.485 e. The maximum Gasteiger partial charge on any atom is 0.237 e. The number of aromatic nitrogens is 3. The molecule has 0 aliphatic rings. The number of benzene rings is 2. The normalized spacial score (nSPS) is 11.8. The Balaban J connectivity index is 1.53. The fourth-order valence-electron chi connectivity index (χ4n) is 2.28. The van der Waals surface area contributed by atoms with Crippen LogP contribution in [0.25, 0.3) is 0 Å². The lowest BCUT2D eigenvalue weighted by molar-refractivity contribution is -0.115. The van der Waals surface area contributed by atoms with E-state index < -0.39 is 11.1 Å². The number of para-hydroxylation sites is 1. The van der Waals surface area contributed by atoms with Gasteiger partial charge in [0.05, 0.1) is 5.25 Å². The van der Waals surface area contributed by atoms with Crippen LogP contribution in [0.5, 0.6) is 5.75 Å². The first-order valence-corrected chi connectivity index (χ1v) is 9.22. The number of hydrogen-bond donors (Lipinski definition) is 2. The van der Waals surface area contributed by atoms with Crippen LogP contribution in [0.1, 0.15) is 18.3 Å². The van der Waals surface area contributed by atoms with Gasteiger partial charge in [-0.05, 0) is 43.7 Å². The predicted molar refractivity (Wildman–Crippen MR) is 102 cm³/mol. The molecule has 0 aliphatic carbocycles. The minimum atomic E-state index is -0.450. The zero-order chi connectivity index (χ0) is 19.2. The molecular weight excluding hydrogens is 367 g/mol. The third-order valence-electron chi connectivity index (χ3n) is 3.71. The predicted octanol–water partition coefficient (Wildman–Crippen LogP) is 3.95. The van der Waals surface area contributed by atoms with Crippen molar-refractivity contribution >= 4 is 23.4 Å². The van der Waals surface area contributed by atoms with Crippen LogP contribution < -0.4 is 10.1 Å². The highest BCUT2D eigenvalue weighted by Crippen LogP contribution is 2.22. The summed E-state index contributed by atoms with van der Waals surface area (Å²) in [4.78, 5) is 16.6. The van der Waals surface area contributed by atoms with Crippen molar-refractivity contribution in [3.8, 4) is 5.75 Å². The summed E-state index contributed by atoms with van der Waals surface area (Å²) in [5, 5.41) is 9.58. The lowest BCUT2D eigenvalue weighted by atomic mass is 10.2. The number of halogens is 1. The number of nitrogens with zero attached hydrogens (tertiary/aromatic N) is 2. The summed E-state index contributed by atoms with van der Waals surface area (Å²) in [7, 11) is 0. The lowest BCUT2D eigenvalue weighted by Crippen LogP contribution is -2.22. The van der Waals surface area contributed by atoms with E-state index in [9.17, 15) is 9.18 Å². The Morgan fingerprint density at radius 2 is 2.11 bits per heavy atom. The standard InChI is InChI=1S/C19H19FN4O2S/c1-12-6-3-4-9-16(12)26-11-17-22-19(24-23-17)27-13(2)18(25)21-15-8-5-7-14(20)10-15/h3-10,13H,11H2,1-2H3,(H,21,25)(H,22,23,24)/t13-/m1/s1. The Labute approximate surface area is 160 Å². The molecule has 0 bridgehead atoms. The van der Waals surface area contributed by atoms with Crippen molar-refractivity contribution in [2.24, 2.45) is 0 Å². The van der Waals surface area contributed by atoms with Crippen LogP contribution in [-0.4, -0.2) is 26.3 Å². The third-order valence-corrected chi connectivity index (χ3v) is 4.67. The topological polar surface area (TPSA) is 79.9 Å². The summed E-state index contributed by atoms with van der Waals surface area (Å²) in [5.41, 5.74) is 1.45. The van der Waals surface area contributed by atoms with Crippen LogP contribution in [0.3, 0.4) is 0 Å². The Morgan fingerprint density at radius 1 is 1.30 bits per heavy atom. The molecule has 1 heterocycles. The first kappa shape index (κ1) is 18.9. The summed E-state index contributed by atoms with van der Waals surface area (Å²) in [6.07, 6.45) is 0. The second-order valence-electron chi connectivity index (χ2n) is 5.88. The summed E-state index contributed by atoms with van der Waals surface area (Å²) in [5.74, 6) is 0.693. The highest BCUT2D eigenvalue weighted by molar-refractivity contribution is 8.00. The van der Waals surface area contributed by atoms with Gasteiger partial charge in [0.25, 0.3) is 0 Å². The second kappa shape index (κ2) is 8.68. The molecule has 1 amide bonds. The molecule has 0 fully saturated rings. The molecule has 0 saturated heterocycles. The number of aryl methyl sites for hydroxylation is 1. The van der Waals surface area contributed by atoms with Gasteiger partial charge in [-0.1, -0.05) is 36.0 Å². The van der Waals surface area contributed by atoms with Gasteiger partial charge in [-0.25, -0.2) is 9.37 Å². The highest BCUT2D eigenvalue weighted by atomic mass is 32.2. The molecule has 8 heteroatoms. The van der Waals surface area contributed by atoms with Crippen molar-refractivity contribution in [3.05, 3.63) is 65.7 Å². The van der Waals surface area contributed by atoms with E-state index in [1.54, 1.807) is 19.1 Å². The van der Waals surface area contributed by atoms with Gasteiger partial charge >= 0.3 is 0 Å².